The van der Waals surface area contributed by atoms with Crippen molar-refractivity contribution in [2.45, 2.75) is 123 Å². The highest BCUT2D eigenvalue weighted by Crippen LogP contribution is 2.21. The van der Waals surface area contributed by atoms with Gasteiger partial charge in [0.25, 0.3) is 0 Å². The Kier molecular flexibility index (Phi) is 15.3. The van der Waals surface area contributed by atoms with Crippen LogP contribution >= 0.6 is 0 Å². The molecule has 1 aliphatic rings. The van der Waals surface area contributed by atoms with Crippen LogP contribution in [0.5, 0.6) is 0 Å². The number of unbranched alkanes of at least 4 members (excludes halogenated alkanes) is 6. The number of rotatable bonds is 16. The van der Waals surface area contributed by atoms with Crippen molar-refractivity contribution in [1.82, 2.24) is 21.3 Å². The van der Waals surface area contributed by atoms with E-state index in [0.717, 1.165) is 57.8 Å². The van der Waals surface area contributed by atoms with Gasteiger partial charge in [-0.1, -0.05) is 25.0 Å². The summed E-state index contributed by atoms with van der Waals surface area (Å²) in [4.78, 5) is 47.2. The van der Waals surface area contributed by atoms with Crippen molar-refractivity contribution in [3.63, 3.8) is 0 Å². The number of alkyl carbamates (subject to hydrolysis) is 2. The van der Waals surface area contributed by atoms with E-state index in [1.807, 2.05) is 53.7 Å². The Morgan fingerprint density at radius 3 is 1.38 bits per heavy atom. The standard InChI is InChI=1S/C29H50N4O6/c1-28(2,3)38-26(36)30-19-15-11-7-9-13-17-24(34)32-22-21-23(22)33-25(35)18-14-10-8-12-16-20-31-27(37)39-29(4,5)6/h13-14,17-18,22-23H,7-12,15-16,19-21H2,1-6H3,(H,30,36)(H,31,37)(H,32,34)(H,33,35)/b17-13+,18-14+/t22-,23-/m1/s1. The Labute approximate surface area is 234 Å². The fourth-order valence-electron chi connectivity index (χ4n) is 3.49. The van der Waals surface area contributed by atoms with E-state index in [-0.39, 0.29) is 23.9 Å². The molecule has 0 heterocycles. The van der Waals surface area contributed by atoms with Crippen LogP contribution < -0.4 is 21.3 Å². The highest BCUT2D eigenvalue weighted by molar-refractivity contribution is 5.89. The van der Waals surface area contributed by atoms with E-state index >= 15 is 0 Å². The van der Waals surface area contributed by atoms with E-state index in [4.69, 9.17) is 9.47 Å². The average Bonchev–Trinajstić information content (AvgIpc) is 3.51. The van der Waals surface area contributed by atoms with Crippen LogP contribution in [0.3, 0.4) is 0 Å². The number of nitrogens with one attached hydrogen (secondary N) is 4. The maximum atomic E-state index is 12.1. The molecule has 0 spiro atoms. The first-order chi connectivity index (χ1) is 18.2. The maximum absolute atomic E-state index is 12.1. The highest BCUT2D eigenvalue weighted by atomic mass is 16.6. The minimum atomic E-state index is -0.495. The van der Waals surface area contributed by atoms with E-state index in [9.17, 15) is 19.2 Å². The molecule has 0 bridgehead atoms. The van der Waals surface area contributed by atoms with Crippen LogP contribution in [-0.2, 0) is 19.1 Å². The maximum Gasteiger partial charge on any atom is 0.407 e. The fourth-order valence-corrected chi connectivity index (χ4v) is 3.49. The van der Waals surface area contributed by atoms with Crippen molar-refractivity contribution in [1.29, 1.82) is 0 Å². The molecule has 0 aromatic carbocycles. The second-order valence-electron chi connectivity index (χ2n) is 11.8. The summed E-state index contributed by atoms with van der Waals surface area (Å²) in [6.45, 7) is 12.1. The molecule has 1 rings (SSSR count). The number of hydrogen-bond donors (Lipinski definition) is 4. The van der Waals surface area contributed by atoms with Crippen LogP contribution in [0.1, 0.15) is 99.3 Å². The van der Waals surface area contributed by atoms with Crippen LogP contribution in [0.15, 0.2) is 24.3 Å². The van der Waals surface area contributed by atoms with E-state index in [2.05, 4.69) is 21.3 Å². The Hall–Kier alpha value is -3.04. The van der Waals surface area contributed by atoms with Crippen molar-refractivity contribution < 1.29 is 28.7 Å². The summed E-state index contributed by atoms with van der Waals surface area (Å²) in [5.74, 6) is -0.305. The molecule has 2 atom stereocenters. The normalized spacial score (nSPS) is 17.1. The van der Waals surface area contributed by atoms with Gasteiger partial charge in [0.1, 0.15) is 11.2 Å². The van der Waals surface area contributed by atoms with Gasteiger partial charge < -0.3 is 30.7 Å². The zero-order chi connectivity index (χ0) is 29.3. The van der Waals surface area contributed by atoms with E-state index in [1.54, 1.807) is 12.2 Å². The van der Waals surface area contributed by atoms with Gasteiger partial charge in [-0.05, 0) is 98.6 Å². The molecule has 0 aromatic heterocycles. The summed E-state index contributed by atoms with van der Waals surface area (Å²) in [5, 5.41) is 11.3. The first-order valence-electron chi connectivity index (χ1n) is 14.1. The van der Waals surface area contributed by atoms with Gasteiger partial charge >= 0.3 is 12.2 Å². The van der Waals surface area contributed by atoms with Crippen LogP contribution in [-0.4, -0.2) is 60.4 Å². The minimum absolute atomic E-state index is 0.0316. The first kappa shape index (κ1) is 34.0. The predicted molar refractivity (Wildman–Crippen MR) is 152 cm³/mol. The molecule has 10 heteroatoms. The Bertz CT molecular complexity index is 774. The van der Waals surface area contributed by atoms with Crippen LogP contribution in [0.2, 0.25) is 0 Å². The predicted octanol–water partition coefficient (Wildman–Crippen LogP) is 4.64. The lowest BCUT2D eigenvalue weighted by molar-refractivity contribution is -0.118. The molecule has 1 aliphatic carbocycles. The lowest BCUT2D eigenvalue weighted by Crippen LogP contribution is -2.33. The van der Waals surface area contributed by atoms with Gasteiger partial charge in [-0.2, -0.15) is 0 Å². The monoisotopic (exact) mass is 550 g/mol. The molecule has 10 nitrogen and oxygen atoms in total. The third-order valence-corrected chi connectivity index (χ3v) is 5.42. The number of amides is 4. The molecular formula is C29H50N4O6. The number of carbonyl (C=O) groups excluding carboxylic acids is 4. The van der Waals surface area contributed by atoms with Gasteiger partial charge in [-0.15, -0.1) is 0 Å². The molecule has 4 amide bonds. The van der Waals surface area contributed by atoms with Gasteiger partial charge in [0.15, 0.2) is 0 Å². The van der Waals surface area contributed by atoms with Crippen molar-refractivity contribution in [2.75, 3.05) is 13.1 Å². The largest absolute Gasteiger partial charge is 0.444 e. The number of ether oxygens (including phenoxy) is 2. The molecule has 1 fully saturated rings. The molecule has 0 aliphatic heterocycles. The fraction of sp³-hybridized carbons (Fsp3) is 0.724. The lowest BCUT2D eigenvalue weighted by atomic mass is 10.2. The van der Waals surface area contributed by atoms with Crippen molar-refractivity contribution >= 4 is 24.0 Å². The second kappa shape index (κ2) is 17.5. The van der Waals surface area contributed by atoms with Crippen LogP contribution in [0, 0.1) is 0 Å². The lowest BCUT2D eigenvalue weighted by Gasteiger charge is -2.19. The quantitative estimate of drug-likeness (QED) is 0.163. The highest BCUT2D eigenvalue weighted by Gasteiger charge is 2.38. The third kappa shape index (κ3) is 20.6. The minimum Gasteiger partial charge on any atom is -0.444 e. The summed E-state index contributed by atoms with van der Waals surface area (Å²) in [7, 11) is 0. The summed E-state index contributed by atoms with van der Waals surface area (Å²) < 4.78 is 10.4. The van der Waals surface area contributed by atoms with Gasteiger partial charge in [-0.25, -0.2) is 9.59 Å². The second-order valence-corrected chi connectivity index (χ2v) is 11.8. The van der Waals surface area contributed by atoms with Gasteiger partial charge in [0.2, 0.25) is 11.8 Å². The zero-order valence-electron chi connectivity index (χ0n) is 24.7. The van der Waals surface area contributed by atoms with E-state index in [0.29, 0.717) is 13.1 Å². The Morgan fingerprint density at radius 1 is 0.641 bits per heavy atom. The zero-order valence-corrected chi connectivity index (χ0v) is 24.7. The molecule has 0 saturated heterocycles. The number of allylic oxidation sites excluding steroid dienone is 2. The first-order valence-corrected chi connectivity index (χ1v) is 14.1. The molecule has 0 radical (unpaired) electrons. The molecule has 0 aromatic rings. The SMILES string of the molecule is CC(C)(C)OC(=O)NCCCCC/C=C/C(=O)N[C@@H]1C[C@H]1NC(=O)/C=C/CCCCCNC(=O)OC(C)(C)C. The third-order valence-electron chi connectivity index (χ3n) is 5.42. The molecule has 222 valence electrons. The molecular weight excluding hydrogens is 500 g/mol. The van der Waals surface area contributed by atoms with E-state index < -0.39 is 23.4 Å². The van der Waals surface area contributed by atoms with Crippen LogP contribution in [0.4, 0.5) is 9.59 Å². The van der Waals surface area contributed by atoms with Crippen molar-refractivity contribution in [3.8, 4) is 0 Å². The van der Waals surface area contributed by atoms with Gasteiger partial charge in [0, 0.05) is 13.1 Å². The summed E-state index contributed by atoms with van der Waals surface area (Å²) in [6.07, 6.45) is 13.7. The van der Waals surface area contributed by atoms with Crippen molar-refractivity contribution in [2.24, 2.45) is 0 Å². The Morgan fingerprint density at radius 2 is 1.03 bits per heavy atom. The molecule has 39 heavy (non-hydrogen) atoms. The number of carbonyl (C=O) groups is 4. The average molecular weight is 551 g/mol. The molecule has 1 saturated carbocycles. The topological polar surface area (TPSA) is 135 Å². The van der Waals surface area contributed by atoms with E-state index in [1.165, 1.54) is 0 Å². The summed E-state index contributed by atoms with van der Waals surface area (Å²) >= 11 is 0. The van der Waals surface area contributed by atoms with Gasteiger partial charge in [0.05, 0.1) is 12.1 Å². The van der Waals surface area contributed by atoms with Crippen molar-refractivity contribution in [3.05, 3.63) is 24.3 Å². The van der Waals surface area contributed by atoms with Crippen LogP contribution in [0.25, 0.3) is 0 Å². The number of hydrogen-bond acceptors (Lipinski definition) is 6. The Balaban J connectivity index is 2.01. The summed E-state index contributed by atoms with van der Waals surface area (Å²) in [6, 6.07) is -0.0631. The molecule has 0 unspecified atom stereocenters. The van der Waals surface area contributed by atoms with Gasteiger partial charge in [-0.3, -0.25) is 9.59 Å². The summed E-state index contributed by atoms with van der Waals surface area (Å²) in [5.41, 5.74) is -0.990. The smallest absolute Gasteiger partial charge is 0.407 e. The molecule has 4 N–H and O–H groups in total.